The topological polar surface area (TPSA) is 29.5 Å². The molecule has 2 bridgehead atoms. The van der Waals surface area contributed by atoms with E-state index in [1.165, 1.54) is 12.8 Å². The van der Waals surface area contributed by atoms with Crippen LogP contribution in [0.5, 0.6) is 0 Å². The summed E-state index contributed by atoms with van der Waals surface area (Å²) in [6.07, 6.45) is 2.55. The molecule has 1 saturated heterocycles. The molecule has 0 aromatic carbocycles. The van der Waals surface area contributed by atoms with Crippen molar-refractivity contribution in [2.24, 2.45) is 17.8 Å². The van der Waals surface area contributed by atoms with Gasteiger partial charge in [0.25, 0.3) is 0 Å². The van der Waals surface area contributed by atoms with Gasteiger partial charge in [-0.2, -0.15) is 0 Å². The predicted molar refractivity (Wildman–Crippen MR) is 37.6 cm³/mol. The number of aliphatic hydroxyl groups excluding tert-OH is 1. The van der Waals surface area contributed by atoms with Crippen molar-refractivity contribution >= 4 is 0 Å². The maximum Gasteiger partial charge on any atom is 0.0498 e. The van der Waals surface area contributed by atoms with Gasteiger partial charge >= 0.3 is 0 Å². The fraction of sp³-hybridized carbons (Fsp3) is 1.00. The first kappa shape index (κ1) is 6.62. The van der Waals surface area contributed by atoms with Gasteiger partial charge < -0.3 is 9.84 Å². The van der Waals surface area contributed by atoms with E-state index in [0.717, 1.165) is 13.2 Å². The third-order valence-electron chi connectivity index (χ3n) is 2.99. The molecule has 1 saturated carbocycles. The van der Waals surface area contributed by atoms with E-state index >= 15 is 0 Å². The van der Waals surface area contributed by atoms with Crippen LogP contribution in [0, 0.1) is 17.8 Å². The normalized spacial score (nSPS) is 45.9. The van der Waals surface area contributed by atoms with E-state index in [1.807, 2.05) is 0 Å². The molecular weight excluding hydrogens is 128 g/mol. The van der Waals surface area contributed by atoms with E-state index in [1.54, 1.807) is 0 Å². The zero-order chi connectivity index (χ0) is 6.97. The van der Waals surface area contributed by atoms with E-state index in [2.05, 4.69) is 0 Å². The molecule has 10 heavy (non-hydrogen) atoms. The number of aliphatic hydroxyl groups is 1. The van der Waals surface area contributed by atoms with Crippen molar-refractivity contribution in [2.45, 2.75) is 12.8 Å². The van der Waals surface area contributed by atoms with Gasteiger partial charge in [-0.1, -0.05) is 0 Å². The summed E-state index contributed by atoms with van der Waals surface area (Å²) in [5.41, 5.74) is 0. The average molecular weight is 142 g/mol. The second kappa shape index (κ2) is 2.51. The van der Waals surface area contributed by atoms with Crippen LogP contribution in [0.4, 0.5) is 0 Å². The minimum absolute atomic E-state index is 0.374. The van der Waals surface area contributed by atoms with Crippen LogP contribution in [0.25, 0.3) is 0 Å². The Labute approximate surface area is 61.2 Å². The first-order valence-corrected chi connectivity index (χ1v) is 4.10. The Balaban J connectivity index is 2.06. The van der Waals surface area contributed by atoms with Crippen molar-refractivity contribution < 1.29 is 9.84 Å². The van der Waals surface area contributed by atoms with Crippen LogP contribution in [0.3, 0.4) is 0 Å². The Morgan fingerprint density at radius 1 is 1.20 bits per heavy atom. The molecule has 1 N–H and O–H groups in total. The smallest absolute Gasteiger partial charge is 0.0498 e. The van der Waals surface area contributed by atoms with Gasteiger partial charge in [0.2, 0.25) is 0 Å². The van der Waals surface area contributed by atoms with Crippen LogP contribution < -0.4 is 0 Å². The molecule has 2 heteroatoms. The molecule has 0 aromatic heterocycles. The minimum Gasteiger partial charge on any atom is -0.396 e. The van der Waals surface area contributed by atoms with E-state index in [9.17, 15) is 0 Å². The Morgan fingerprint density at radius 3 is 2.20 bits per heavy atom. The van der Waals surface area contributed by atoms with Crippen LogP contribution in [0.1, 0.15) is 12.8 Å². The van der Waals surface area contributed by atoms with E-state index in [-0.39, 0.29) is 0 Å². The summed E-state index contributed by atoms with van der Waals surface area (Å²) in [6.45, 7) is 2.15. The van der Waals surface area contributed by atoms with Crippen LogP contribution >= 0.6 is 0 Å². The highest BCUT2D eigenvalue weighted by molar-refractivity contribution is 4.87. The molecule has 2 fully saturated rings. The fourth-order valence-electron chi connectivity index (χ4n) is 2.32. The highest BCUT2D eigenvalue weighted by Gasteiger charge is 2.38. The van der Waals surface area contributed by atoms with Crippen LogP contribution in [-0.4, -0.2) is 24.9 Å². The van der Waals surface area contributed by atoms with Crippen LogP contribution in [-0.2, 0) is 4.74 Å². The molecular formula is C8H14O2. The summed E-state index contributed by atoms with van der Waals surface area (Å²) in [6, 6.07) is 0. The maximum atomic E-state index is 9.02. The van der Waals surface area contributed by atoms with Gasteiger partial charge in [-0.05, 0) is 30.6 Å². The number of ether oxygens (including phenoxy) is 1. The monoisotopic (exact) mass is 142 g/mol. The molecule has 1 heterocycles. The Bertz CT molecular complexity index is 108. The summed E-state index contributed by atoms with van der Waals surface area (Å²) >= 11 is 0. The molecule has 2 nitrogen and oxygen atoms in total. The Morgan fingerprint density at radius 2 is 1.80 bits per heavy atom. The largest absolute Gasteiger partial charge is 0.396 e. The van der Waals surface area contributed by atoms with Crippen LogP contribution in [0.2, 0.25) is 0 Å². The Hall–Kier alpha value is -0.0800. The Kier molecular flexibility index (Phi) is 1.66. The van der Waals surface area contributed by atoms with E-state index < -0.39 is 0 Å². The fourth-order valence-corrected chi connectivity index (χ4v) is 2.32. The lowest BCUT2D eigenvalue weighted by molar-refractivity contribution is -0.0125. The van der Waals surface area contributed by atoms with Crippen molar-refractivity contribution in [3.8, 4) is 0 Å². The van der Waals surface area contributed by atoms with Gasteiger partial charge in [0.1, 0.15) is 0 Å². The number of hydrogen-bond acceptors (Lipinski definition) is 2. The van der Waals surface area contributed by atoms with Gasteiger partial charge in [-0.3, -0.25) is 0 Å². The van der Waals surface area contributed by atoms with E-state index in [0.29, 0.717) is 24.4 Å². The number of rotatable bonds is 1. The third kappa shape index (κ3) is 0.867. The molecule has 1 aliphatic heterocycles. The van der Waals surface area contributed by atoms with Gasteiger partial charge in [0.05, 0.1) is 0 Å². The summed E-state index contributed by atoms with van der Waals surface area (Å²) in [5.74, 6) is 1.90. The minimum atomic E-state index is 0.374. The molecule has 58 valence electrons. The zero-order valence-electron chi connectivity index (χ0n) is 6.12. The summed E-state index contributed by atoms with van der Waals surface area (Å²) in [5, 5.41) is 9.02. The van der Waals surface area contributed by atoms with Crippen LogP contribution in [0.15, 0.2) is 0 Å². The molecule has 1 aliphatic carbocycles. The van der Waals surface area contributed by atoms with Crippen molar-refractivity contribution in [1.82, 2.24) is 0 Å². The first-order valence-electron chi connectivity index (χ1n) is 4.10. The highest BCUT2D eigenvalue weighted by Crippen LogP contribution is 2.40. The summed E-state index contributed by atoms with van der Waals surface area (Å²) < 4.78 is 5.38. The second-order valence-electron chi connectivity index (χ2n) is 3.48. The number of hydrogen-bond donors (Lipinski definition) is 1. The van der Waals surface area contributed by atoms with Crippen molar-refractivity contribution in [1.29, 1.82) is 0 Å². The van der Waals surface area contributed by atoms with Gasteiger partial charge in [0.15, 0.2) is 0 Å². The highest BCUT2D eigenvalue weighted by atomic mass is 16.5. The van der Waals surface area contributed by atoms with Crippen molar-refractivity contribution in [3.63, 3.8) is 0 Å². The van der Waals surface area contributed by atoms with Crippen molar-refractivity contribution in [3.05, 3.63) is 0 Å². The zero-order valence-corrected chi connectivity index (χ0v) is 6.12. The molecule has 0 aromatic rings. The molecule has 0 amide bonds. The first-order chi connectivity index (χ1) is 4.92. The molecule has 2 unspecified atom stereocenters. The molecule has 2 rings (SSSR count). The molecule has 0 spiro atoms. The lowest BCUT2D eigenvalue weighted by Crippen LogP contribution is -2.30. The lowest BCUT2D eigenvalue weighted by Gasteiger charge is -2.28. The second-order valence-corrected chi connectivity index (χ2v) is 3.48. The molecule has 2 atom stereocenters. The molecule has 0 radical (unpaired) electrons. The van der Waals surface area contributed by atoms with Gasteiger partial charge in [-0.25, -0.2) is 0 Å². The third-order valence-corrected chi connectivity index (χ3v) is 2.99. The average Bonchev–Trinajstić information content (AvgIpc) is 2.19. The predicted octanol–water partition coefficient (Wildman–Crippen LogP) is 0.651. The van der Waals surface area contributed by atoms with Gasteiger partial charge in [0, 0.05) is 19.8 Å². The standard InChI is InChI=1S/C8H14O2/c9-3-8-6-1-2-7(8)5-10-4-6/h6-9H,1-5H2. The molecule has 2 aliphatic rings. The summed E-state index contributed by atoms with van der Waals surface area (Å²) in [7, 11) is 0. The van der Waals surface area contributed by atoms with Crippen molar-refractivity contribution in [2.75, 3.05) is 19.8 Å². The van der Waals surface area contributed by atoms with Gasteiger partial charge in [-0.15, -0.1) is 0 Å². The quantitative estimate of drug-likeness (QED) is 0.582. The number of fused-ring (bicyclic) bond motifs is 2. The van der Waals surface area contributed by atoms with E-state index in [4.69, 9.17) is 9.84 Å². The maximum absolute atomic E-state index is 9.02. The lowest BCUT2D eigenvalue weighted by atomic mass is 9.89. The summed E-state index contributed by atoms with van der Waals surface area (Å²) in [4.78, 5) is 0. The SMILES string of the molecule is OCC1C2CCC1COC2.